The smallest absolute Gasteiger partial charge is 0.143 e. The Morgan fingerprint density at radius 3 is 1.66 bits per heavy atom. The molecule has 11 rings (SSSR count). The molecule has 0 N–H and O–H groups in total. The molecule has 0 aliphatic carbocycles. The molecule has 1 nitrogen and oxygen atoms in total. The van der Waals surface area contributed by atoms with Crippen molar-refractivity contribution in [2.45, 2.75) is 0 Å². The van der Waals surface area contributed by atoms with E-state index in [1.807, 2.05) is 54.6 Å². The Kier molecular flexibility index (Phi) is 3.69. The zero-order valence-electron chi connectivity index (χ0n) is 46.4. The Morgan fingerprint density at radius 2 is 0.925 bits per heavy atom. The van der Waals surface area contributed by atoms with Gasteiger partial charge in [-0.15, -0.1) is 0 Å². The van der Waals surface area contributed by atoms with Gasteiger partial charge in [0.05, 0.1) is 26.0 Å². The van der Waals surface area contributed by atoms with E-state index in [0.717, 1.165) is 21.9 Å². The van der Waals surface area contributed by atoms with E-state index < -0.39 is 164 Å². The van der Waals surface area contributed by atoms with Crippen molar-refractivity contribution >= 4 is 65.0 Å². The van der Waals surface area contributed by atoms with Gasteiger partial charge in [-0.1, -0.05) is 175 Å². The molecule has 0 fully saturated rings. The van der Waals surface area contributed by atoms with Gasteiger partial charge in [-0.05, 0) is 100 Å². The van der Waals surface area contributed by atoms with Crippen LogP contribution in [-0.2, 0) is 0 Å². The molecule has 246 valence electrons. The molecule has 0 bridgehead atoms. The Hall–Kier alpha value is -6.96. The van der Waals surface area contributed by atoms with Crippen molar-refractivity contribution < 1.29 is 30.5 Å². The molecule has 0 saturated carbocycles. The highest BCUT2D eigenvalue weighted by atomic mass is 16.3. The lowest BCUT2D eigenvalue weighted by Gasteiger charge is -2.19. The number of para-hydroxylation sites is 1. The molecule has 0 unspecified atom stereocenters. The fraction of sp³-hybridized carbons (Fsp3) is 0. The summed E-state index contributed by atoms with van der Waals surface area (Å²) in [5, 5.41) is 0.328. The van der Waals surface area contributed by atoms with Gasteiger partial charge >= 0.3 is 0 Å². The standard InChI is InChI=1S/C52H32O/c1-2-14-34(15-3-1)50-42-19-8-10-21-44(42)51(45-22-11-9-20-43(45)50)46-29-28-38(40-17-6-7-18-41(40)46)37-27-30-49-48(32-37)47-24-12-23-39(52(47)53-49)36-26-25-33-13-4-5-16-35(33)31-36/h1-32H/i1D,2D,3D,6D,7D,8D,9D,10D,11D,14D,15D,17D,18D,19D,20D,21D,22D,28D,29D. The molecule has 1 aromatic heterocycles. The summed E-state index contributed by atoms with van der Waals surface area (Å²) >= 11 is 0. The largest absolute Gasteiger partial charge is 0.455 e. The van der Waals surface area contributed by atoms with Crippen LogP contribution in [0.4, 0.5) is 0 Å². The van der Waals surface area contributed by atoms with E-state index in [1.165, 1.54) is 0 Å². The maximum absolute atomic E-state index is 9.92. The fourth-order valence-electron chi connectivity index (χ4n) is 7.38. The Labute approximate surface area is 333 Å². The van der Waals surface area contributed by atoms with Gasteiger partial charge < -0.3 is 4.42 Å². The summed E-state index contributed by atoms with van der Waals surface area (Å²) in [4.78, 5) is 0. The summed E-state index contributed by atoms with van der Waals surface area (Å²) in [5.41, 5.74) is 0.491. The predicted molar refractivity (Wildman–Crippen MR) is 225 cm³/mol. The van der Waals surface area contributed by atoms with E-state index in [0.29, 0.717) is 21.9 Å². The van der Waals surface area contributed by atoms with E-state index in [9.17, 15) is 11.0 Å². The monoisotopic (exact) mass is 691 g/mol. The number of furan rings is 1. The van der Waals surface area contributed by atoms with Gasteiger partial charge in [0.2, 0.25) is 0 Å². The van der Waals surface area contributed by atoms with Crippen LogP contribution in [0.2, 0.25) is 0 Å². The van der Waals surface area contributed by atoms with E-state index in [4.69, 9.17) is 19.5 Å². The second kappa shape index (κ2) is 11.8. The first-order valence-electron chi connectivity index (χ1n) is 26.2. The first kappa shape index (κ1) is 16.6. The quantitative estimate of drug-likeness (QED) is 0.167. The summed E-state index contributed by atoms with van der Waals surface area (Å²) in [6.07, 6.45) is 0. The van der Waals surface area contributed by atoms with Crippen molar-refractivity contribution in [2.24, 2.45) is 0 Å². The van der Waals surface area contributed by atoms with Crippen LogP contribution in [0.5, 0.6) is 0 Å². The normalized spacial score (nSPS) is 16.8. The van der Waals surface area contributed by atoms with Crippen molar-refractivity contribution in [3.8, 4) is 44.5 Å². The average molecular weight is 692 g/mol. The number of hydrogen-bond acceptors (Lipinski definition) is 1. The first-order valence-corrected chi connectivity index (χ1v) is 16.7. The summed E-state index contributed by atoms with van der Waals surface area (Å²) in [7, 11) is 0. The van der Waals surface area contributed by atoms with Gasteiger partial charge in [-0.25, -0.2) is 0 Å². The molecular weight excluding hydrogens is 641 g/mol. The van der Waals surface area contributed by atoms with E-state index in [1.54, 1.807) is 18.2 Å². The van der Waals surface area contributed by atoms with Crippen molar-refractivity contribution in [1.82, 2.24) is 0 Å². The number of benzene rings is 10. The lowest BCUT2D eigenvalue weighted by Crippen LogP contribution is -1.92. The zero-order chi connectivity index (χ0) is 51.4. The van der Waals surface area contributed by atoms with E-state index in [-0.39, 0.29) is 16.5 Å². The molecule has 0 radical (unpaired) electrons. The third kappa shape index (κ3) is 4.64. The lowest BCUT2D eigenvalue weighted by molar-refractivity contribution is 0.670. The number of fused-ring (bicyclic) bond motifs is 7. The first-order chi connectivity index (χ1) is 34.2. The predicted octanol–water partition coefficient (Wildman–Crippen LogP) is 14.9. The van der Waals surface area contributed by atoms with E-state index >= 15 is 0 Å². The Bertz CT molecular complexity index is 4220. The second-order valence-electron chi connectivity index (χ2n) is 12.6. The van der Waals surface area contributed by atoms with Crippen molar-refractivity contribution in [3.63, 3.8) is 0 Å². The molecule has 0 atom stereocenters. The minimum atomic E-state index is -0.870. The summed E-state index contributed by atoms with van der Waals surface area (Å²) in [6.45, 7) is 0. The Balaban J connectivity index is 1.31. The number of hydrogen-bond donors (Lipinski definition) is 0. The van der Waals surface area contributed by atoms with Crippen molar-refractivity contribution in [3.05, 3.63) is 194 Å². The van der Waals surface area contributed by atoms with Crippen LogP contribution in [0.1, 0.15) is 26.0 Å². The van der Waals surface area contributed by atoms with Crippen LogP contribution in [-0.4, -0.2) is 0 Å². The molecule has 1 heteroatoms. The van der Waals surface area contributed by atoms with Crippen LogP contribution < -0.4 is 0 Å². The lowest BCUT2D eigenvalue weighted by atomic mass is 9.84. The van der Waals surface area contributed by atoms with Gasteiger partial charge in [0.25, 0.3) is 0 Å². The fourth-order valence-corrected chi connectivity index (χ4v) is 7.38. The molecule has 10 aromatic carbocycles. The molecular formula is C52H32O. The topological polar surface area (TPSA) is 13.1 Å². The molecule has 11 aromatic rings. The van der Waals surface area contributed by atoms with E-state index in [2.05, 4.69) is 6.07 Å². The van der Waals surface area contributed by atoms with Gasteiger partial charge in [0, 0.05) is 16.3 Å². The third-order valence-corrected chi connectivity index (χ3v) is 9.72. The zero-order valence-corrected chi connectivity index (χ0v) is 27.4. The molecule has 0 amide bonds. The van der Waals surface area contributed by atoms with Gasteiger partial charge in [0.15, 0.2) is 0 Å². The molecule has 0 aliphatic rings. The summed E-state index contributed by atoms with van der Waals surface area (Å²) in [6, 6.07) is 9.15. The highest BCUT2D eigenvalue weighted by Crippen LogP contribution is 2.47. The van der Waals surface area contributed by atoms with Crippen LogP contribution in [0.25, 0.3) is 110 Å². The van der Waals surface area contributed by atoms with Crippen molar-refractivity contribution in [2.75, 3.05) is 0 Å². The minimum absolute atomic E-state index is 0.124. The average Bonchev–Trinajstić information content (AvgIpc) is 3.76. The maximum Gasteiger partial charge on any atom is 0.143 e. The van der Waals surface area contributed by atoms with Crippen LogP contribution in [0.3, 0.4) is 0 Å². The van der Waals surface area contributed by atoms with Crippen molar-refractivity contribution in [1.29, 1.82) is 0 Å². The molecule has 0 aliphatic heterocycles. The maximum atomic E-state index is 9.92. The summed E-state index contributed by atoms with van der Waals surface area (Å²) < 4.78 is 180. The molecule has 0 saturated heterocycles. The molecule has 1 heterocycles. The third-order valence-electron chi connectivity index (χ3n) is 9.72. The summed E-state index contributed by atoms with van der Waals surface area (Å²) in [5.74, 6) is 0. The van der Waals surface area contributed by atoms with Crippen LogP contribution in [0, 0.1) is 0 Å². The minimum Gasteiger partial charge on any atom is -0.455 e. The van der Waals surface area contributed by atoms with Gasteiger partial charge in [-0.3, -0.25) is 0 Å². The molecule has 0 spiro atoms. The van der Waals surface area contributed by atoms with Crippen LogP contribution in [0.15, 0.2) is 198 Å². The SMILES string of the molecule is [2H]c1c([2H])c([2H])c(-c2c3c([2H])c([2H])c([2H])c([2H])c3c(-c3c([2H])c([2H])c(-c4ccc5oc6c(-c7ccc8ccccc8c7)cccc6c5c4)c4c([2H])c([2H])c([2H])c([2H])c34)c3c([2H])c([2H])c([2H])c([2H])c23)c([2H])c1[2H]. The number of rotatable bonds is 4. The van der Waals surface area contributed by atoms with Gasteiger partial charge in [0.1, 0.15) is 11.2 Å². The molecule has 53 heavy (non-hydrogen) atoms. The van der Waals surface area contributed by atoms with Crippen LogP contribution >= 0.6 is 0 Å². The Morgan fingerprint density at radius 1 is 0.340 bits per heavy atom. The van der Waals surface area contributed by atoms with Gasteiger partial charge in [-0.2, -0.15) is 0 Å². The highest BCUT2D eigenvalue weighted by molar-refractivity contribution is 6.24. The second-order valence-corrected chi connectivity index (χ2v) is 12.6. The highest BCUT2D eigenvalue weighted by Gasteiger charge is 2.20.